The van der Waals surface area contributed by atoms with E-state index in [9.17, 15) is 0 Å². The molecule has 3 aromatic rings. The minimum Gasteiger partial charge on any atom is -0.489 e. The van der Waals surface area contributed by atoms with Gasteiger partial charge in [-0.15, -0.1) is 0 Å². The molecular formula is C17H17ClN4O. The number of ether oxygens (including phenoxy) is 1. The van der Waals surface area contributed by atoms with Gasteiger partial charge in [-0.05, 0) is 30.7 Å². The van der Waals surface area contributed by atoms with Crippen LogP contribution in [0, 0.1) is 0 Å². The number of nitrogens with zero attached hydrogens (tertiary/aromatic N) is 4. The second-order valence-corrected chi connectivity index (χ2v) is 6.23. The molecule has 1 aliphatic heterocycles. The van der Waals surface area contributed by atoms with Crippen LogP contribution in [0.2, 0.25) is 5.02 Å². The van der Waals surface area contributed by atoms with Gasteiger partial charge in [0.2, 0.25) is 0 Å². The third-order valence-electron chi connectivity index (χ3n) is 4.03. The fourth-order valence-corrected chi connectivity index (χ4v) is 3.14. The topological polar surface area (TPSA) is 42.7 Å². The Kier molecular flexibility index (Phi) is 3.89. The summed E-state index contributed by atoms with van der Waals surface area (Å²) in [6, 6.07) is 7.59. The summed E-state index contributed by atoms with van der Waals surface area (Å²) in [6.07, 6.45) is 8.68. The van der Waals surface area contributed by atoms with Gasteiger partial charge in [0, 0.05) is 44.4 Å². The average molecular weight is 329 g/mol. The summed E-state index contributed by atoms with van der Waals surface area (Å²) in [5, 5.41) is 0.716. The molecule has 4 rings (SSSR count). The van der Waals surface area contributed by atoms with Gasteiger partial charge < -0.3 is 9.14 Å². The lowest BCUT2D eigenvalue weighted by molar-refractivity contribution is 0.198. The molecule has 1 aliphatic rings. The van der Waals surface area contributed by atoms with Crippen molar-refractivity contribution >= 4 is 17.2 Å². The van der Waals surface area contributed by atoms with Crippen molar-refractivity contribution in [1.82, 2.24) is 19.3 Å². The van der Waals surface area contributed by atoms with Gasteiger partial charge in [-0.3, -0.25) is 9.88 Å². The maximum atomic E-state index is 6.01. The Morgan fingerprint density at radius 1 is 1.17 bits per heavy atom. The van der Waals surface area contributed by atoms with E-state index in [-0.39, 0.29) is 6.10 Å². The Balaban J connectivity index is 1.39. The van der Waals surface area contributed by atoms with Gasteiger partial charge in [-0.2, -0.15) is 0 Å². The number of rotatable bonds is 4. The van der Waals surface area contributed by atoms with Crippen molar-refractivity contribution < 1.29 is 4.74 Å². The Bertz CT molecular complexity index is 805. The lowest BCUT2D eigenvalue weighted by Gasteiger charge is -2.15. The van der Waals surface area contributed by atoms with E-state index in [0.29, 0.717) is 5.02 Å². The minimum absolute atomic E-state index is 0.226. The first-order valence-corrected chi connectivity index (χ1v) is 8.06. The molecule has 6 heteroatoms. The van der Waals surface area contributed by atoms with Crippen LogP contribution in [0.15, 0.2) is 49.1 Å². The third-order valence-corrected chi connectivity index (χ3v) is 4.26. The molecule has 0 bridgehead atoms. The Hall–Kier alpha value is -2.11. The molecule has 0 aromatic carbocycles. The highest BCUT2D eigenvalue weighted by Gasteiger charge is 2.24. The highest BCUT2D eigenvalue weighted by atomic mass is 35.5. The van der Waals surface area contributed by atoms with Crippen LogP contribution >= 0.6 is 11.6 Å². The second-order valence-electron chi connectivity index (χ2n) is 5.79. The number of fused-ring (bicyclic) bond motifs is 1. The molecule has 1 unspecified atom stereocenters. The smallest absolute Gasteiger partial charge is 0.137 e. The summed E-state index contributed by atoms with van der Waals surface area (Å²) >= 11 is 6.01. The van der Waals surface area contributed by atoms with E-state index in [0.717, 1.165) is 43.1 Å². The Morgan fingerprint density at radius 3 is 2.91 bits per heavy atom. The van der Waals surface area contributed by atoms with E-state index in [1.54, 1.807) is 12.4 Å². The maximum absolute atomic E-state index is 6.01. The van der Waals surface area contributed by atoms with E-state index in [1.807, 2.05) is 41.1 Å². The van der Waals surface area contributed by atoms with Gasteiger partial charge in [-0.25, -0.2) is 4.98 Å². The fraction of sp³-hybridized carbons (Fsp3) is 0.294. The summed E-state index contributed by atoms with van der Waals surface area (Å²) in [7, 11) is 0. The van der Waals surface area contributed by atoms with E-state index >= 15 is 0 Å². The number of pyridine rings is 2. The predicted molar refractivity (Wildman–Crippen MR) is 88.7 cm³/mol. The van der Waals surface area contributed by atoms with E-state index in [4.69, 9.17) is 16.3 Å². The molecule has 1 fully saturated rings. The normalized spacial score (nSPS) is 18.6. The average Bonchev–Trinajstić information content (AvgIpc) is 3.14. The van der Waals surface area contributed by atoms with Crippen LogP contribution in [0.1, 0.15) is 12.1 Å². The van der Waals surface area contributed by atoms with Crippen molar-refractivity contribution in [2.24, 2.45) is 0 Å². The van der Waals surface area contributed by atoms with E-state index in [1.165, 1.54) is 0 Å². The lowest BCUT2D eigenvalue weighted by atomic mass is 10.3. The number of likely N-dealkylation sites (tertiary alicyclic amines) is 1. The Labute approximate surface area is 139 Å². The predicted octanol–water partition coefficient (Wildman–Crippen LogP) is 3.04. The molecule has 5 nitrogen and oxygen atoms in total. The molecular weight excluding hydrogens is 312 g/mol. The van der Waals surface area contributed by atoms with Crippen LogP contribution in [0.4, 0.5) is 0 Å². The molecule has 0 amide bonds. The standard InChI is InChI=1S/C17H17ClN4O/c18-13-1-2-17-20-14(11-22(17)9-13)10-21-8-5-16(12-21)23-15-3-6-19-7-4-15/h1-4,6-7,9,11,16H,5,8,10,12H2. The molecule has 0 saturated carbocycles. The number of imidazole rings is 1. The van der Waals surface area contributed by atoms with E-state index < -0.39 is 0 Å². The van der Waals surface area contributed by atoms with Crippen LogP contribution in [0.25, 0.3) is 5.65 Å². The lowest BCUT2D eigenvalue weighted by Crippen LogP contribution is -2.24. The summed E-state index contributed by atoms with van der Waals surface area (Å²) in [4.78, 5) is 11.0. The van der Waals surface area contributed by atoms with Crippen LogP contribution in [-0.4, -0.2) is 38.5 Å². The van der Waals surface area contributed by atoms with Crippen molar-refractivity contribution in [3.05, 3.63) is 59.8 Å². The van der Waals surface area contributed by atoms with Gasteiger partial charge in [-0.1, -0.05) is 11.6 Å². The number of halogens is 1. The molecule has 3 aromatic heterocycles. The van der Waals surface area contributed by atoms with Crippen molar-refractivity contribution in [2.45, 2.75) is 19.1 Å². The molecule has 118 valence electrons. The largest absolute Gasteiger partial charge is 0.489 e. The molecule has 0 spiro atoms. The van der Waals surface area contributed by atoms with Gasteiger partial charge in [0.05, 0.1) is 10.7 Å². The summed E-state index contributed by atoms with van der Waals surface area (Å²) in [5.74, 6) is 0.884. The monoisotopic (exact) mass is 328 g/mol. The molecule has 4 heterocycles. The summed E-state index contributed by atoms with van der Waals surface area (Å²) < 4.78 is 7.96. The van der Waals surface area contributed by atoms with Crippen molar-refractivity contribution in [2.75, 3.05) is 13.1 Å². The SMILES string of the molecule is Clc1ccc2nc(CN3CCC(Oc4ccncc4)C3)cn2c1. The van der Waals surface area contributed by atoms with Crippen LogP contribution in [0.3, 0.4) is 0 Å². The molecule has 1 atom stereocenters. The molecule has 1 saturated heterocycles. The molecule has 23 heavy (non-hydrogen) atoms. The van der Waals surface area contributed by atoms with Crippen LogP contribution in [0.5, 0.6) is 5.75 Å². The highest BCUT2D eigenvalue weighted by Crippen LogP contribution is 2.19. The number of hydrogen-bond acceptors (Lipinski definition) is 4. The van der Waals surface area contributed by atoms with Gasteiger partial charge in [0.25, 0.3) is 0 Å². The second kappa shape index (κ2) is 6.18. The van der Waals surface area contributed by atoms with Gasteiger partial charge >= 0.3 is 0 Å². The van der Waals surface area contributed by atoms with Gasteiger partial charge in [0.1, 0.15) is 17.5 Å². The minimum atomic E-state index is 0.226. The van der Waals surface area contributed by atoms with Crippen molar-refractivity contribution in [3.8, 4) is 5.75 Å². The zero-order valence-electron chi connectivity index (χ0n) is 12.6. The summed E-state index contributed by atoms with van der Waals surface area (Å²) in [6.45, 7) is 2.76. The first-order valence-electron chi connectivity index (χ1n) is 7.68. The molecule has 0 N–H and O–H groups in total. The van der Waals surface area contributed by atoms with Crippen molar-refractivity contribution in [3.63, 3.8) is 0 Å². The summed E-state index contributed by atoms with van der Waals surface area (Å²) in [5.41, 5.74) is 1.98. The highest BCUT2D eigenvalue weighted by molar-refractivity contribution is 6.30. The fourth-order valence-electron chi connectivity index (χ4n) is 2.97. The van der Waals surface area contributed by atoms with Crippen molar-refractivity contribution in [1.29, 1.82) is 0 Å². The zero-order valence-corrected chi connectivity index (χ0v) is 13.4. The van der Waals surface area contributed by atoms with Crippen LogP contribution in [-0.2, 0) is 6.54 Å². The first kappa shape index (κ1) is 14.5. The number of hydrogen-bond donors (Lipinski definition) is 0. The third kappa shape index (κ3) is 3.30. The maximum Gasteiger partial charge on any atom is 0.137 e. The molecule has 0 aliphatic carbocycles. The van der Waals surface area contributed by atoms with E-state index in [2.05, 4.69) is 14.9 Å². The quantitative estimate of drug-likeness (QED) is 0.738. The Morgan fingerprint density at radius 2 is 2.04 bits per heavy atom. The van der Waals surface area contributed by atoms with Gasteiger partial charge in [0.15, 0.2) is 0 Å². The zero-order chi connectivity index (χ0) is 15.6. The van der Waals surface area contributed by atoms with Crippen LogP contribution < -0.4 is 4.74 Å². The first-order chi connectivity index (χ1) is 11.3. The molecule has 0 radical (unpaired) electrons. The number of aromatic nitrogens is 3.